The van der Waals surface area contributed by atoms with Gasteiger partial charge in [-0.3, -0.25) is 10.1 Å². The fourth-order valence-corrected chi connectivity index (χ4v) is 2.24. The quantitative estimate of drug-likeness (QED) is 0.767. The smallest absolute Gasteiger partial charge is 0.320 e. The van der Waals surface area contributed by atoms with Crippen molar-refractivity contribution >= 4 is 5.97 Å². The Morgan fingerprint density at radius 1 is 1.30 bits per heavy atom. The van der Waals surface area contributed by atoms with E-state index in [0.29, 0.717) is 12.3 Å². The van der Waals surface area contributed by atoms with E-state index in [-0.39, 0.29) is 6.04 Å². The number of carboxylic acids is 1. The second-order valence-corrected chi connectivity index (χ2v) is 5.42. The van der Waals surface area contributed by atoms with Gasteiger partial charge in [0.25, 0.3) is 0 Å². The zero-order valence-corrected chi connectivity index (χ0v) is 12.7. The van der Waals surface area contributed by atoms with E-state index >= 15 is 0 Å². The lowest BCUT2D eigenvalue weighted by molar-refractivity contribution is -0.140. The molecule has 2 unspecified atom stereocenters. The number of benzene rings is 1. The van der Waals surface area contributed by atoms with E-state index < -0.39 is 12.0 Å². The molecule has 0 radical (unpaired) electrons. The molecule has 2 N–H and O–H groups in total. The molecule has 1 aromatic rings. The maximum Gasteiger partial charge on any atom is 0.320 e. The van der Waals surface area contributed by atoms with Crippen LogP contribution in [-0.2, 0) is 4.79 Å². The summed E-state index contributed by atoms with van der Waals surface area (Å²) >= 11 is 0. The topological polar surface area (TPSA) is 58.6 Å². The number of carbonyl (C=O) groups is 1. The molecule has 0 aliphatic carbocycles. The second kappa shape index (κ2) is 7.90. The Hall–Kier alpha value is -1.55. The van der Waals surface area contributed by atoms with Crippen molar-refractivity contribution in [1.29, 1.82) is 0 Å². The monoisotopic (exact) mass is 279 g/mol. The lowest BCUT2D eigenvalue weighted by Gasteiger charge is -2.24. The highest BCUT2D eigenvalue weighted by molar-refractivity contribution is 5.73. The predicted octanol–water partition coefficient (Wildman–Crippen LogP) is 3.24. The summed E-state index contributed by atoms with van der Waals surface area (Å²) in [5.41, 5.74) is 1.09. The first-order valence-corrected chi connectivity index (χ1v) is 7.10. The van der Waals surface area contributed by atoms with Crippen molar-refractivity contribution in [2.24, 2.45) is 5.92 Å². The lowest BCUT2D eigenvalue weighted by atomic mass is 9.99. The van der Waals surface area contributed by atoms with Crippen molar-refractivity contribution in [2.75, 3.05) is 7.11 Å². The van der Waals surface area contributed by atoms with Gasteiger partial charge in [0.2, 0.25) is 0 Å². The number of hydrogen-bond acceptors (Lipinski definition) is 3. The van der Waals surface area contributed by atoms with Gasteiger partial charge in [-0.2, -0.15) is 0 Å². The largest absolute Gasteiger partial charge is 0.497 e. The van der Waals surface area contributed by atoms with E-state index in [1.165, 1.54) is 0 Å². The van der Waals surface area contributed by atoms with Gasteiger partial charge in [0, 0.05) is 6.04 Å². The molecule has 0 aliphatic rings. The van der Waals surface area contributed by atoms with Crippen LogP contribution >= 0.6 is 0 Å². The maximum atomic E-state index is 11.3. The standard InChI is InChI=1S/C16H25NO3/c1-5-14(12-6-8-13(20-4)9-7-12)17-15(16(18)19)10-11(2)3/h6-9,11,14-15,17H,5,10H2,1-4H3,(H,18,19). The number of hydrogen-bond donors (Lipinski definition) is 2. The van der Waals surface area contributed by atoms with Crippen molar-refractivity contribution in [3.63, 3.8) is 0 Å². The van der Waals surface area contributed by atoms with Crippen LogP contribution in [0.2, 0.25) is 0 Å². The average molecular weight is 279 g/mol. The van der Waals surface area contributed by atoms with Crippen LogP contribution in [0.3, 0.4) is 0 Å². The summed E-state index contributed by atoms with van der Waals surface area (Å²) in [7, 11) is 1.63. The summed E-state index contributed by atoms with van der Waals surface area (Å²) in [5.74, 6) is 0.364. The molecule has 0 amide bonds. The minimum absolute atomic E-state index is 0.0424. The van der Waals surface area contributed by atoms with Gasteiger partial charge in [-0.15, -0.1) is 0 Å². The Morgan fingerprint density at radius 2 is 1.90 bits per heavy atom. The van der Waals surface area contributed by atoms with E-state index in [1.54, 1.807) is 7.11 Å². The first-order chi connectivity index (χ1) is 9.47. The Kier molecular flexibility index (Phi) is 6.52. The normalized spacial score (nSPS) is 14.1. The molecule has 4 heteroatoms. The van der Waals surface area contributed by atoms with E-state index in [9.17, 15) is 9.90 Å². The zero-order valence-electron chi connectivity index (χ0n) is 12.7. The molecule has 0 bridgehead atoms. The van der Waals surface area contributed by atoms with Crippen molar-refractivity contribution in [3.05, 3.63) is 29.8 Å². The molecule has 1 aromatic carbocycles. The highest BCUT2D eigenvalue weighted by atomic mass is 16.5. The first-order valence-electron chi connectivity index (χ1n) is 7.10. The summed E-state index contributed by atoms with van der Waals surface area (Å²) < 4.78 is 5.14. The molecule has 0 heterocycles. The van der Waals surface area contributed by atoms with Gasteiger partial charge in [0.05, 0.1) is 7.11 Å². The number of rotatable bonds is 8. The molecule has 0 saturated heterocycles. The summed E-state index contributed by atoms with van der Waals surface area (Å²) in [6.45, 7) is 6.12. The number of aliphatic carboxylic acids is 1. The highest BCUT2D eigenvalue weighted by Gasteiger charge is 2.22. The fraction of sp³-hybridized carbons (Fsp3) is 0.562. The van der Waals surface area contributed by atoms with Gasteiger partial charge < -0.3 is 9.84 Å². The van der Waals surface area contributed by atoms with Gasteiger partial charge in [-0.1, -0.05) is 32.9 Å². The number of nitrogens with one attached hydrogen (secondary N) is 1. The second-order valence-electron chi connectivity index (χ2n) is 5.42. The van der Waals surface area contributed by atoms with Crippen LogP contribution in [0.15, 0.2) is 24.3 Å². The van der Waals surface area contributed by atoms with Gasteiger partial charge >= 0.3 is 5.97 Å². The molecule has 20 heavy (non-hydrogen) atoms. The summed E-state index contributed by atoms with van der Waals surface area (Å²) in [5, 5.41) is 12.6. The Balaban J connectivity index is 2.80. The highest BCUT2D eigenvalue weighted by Crippen LogP contribution is 2.21. The molecule has 0 saturated carbocycles. The Bertz CT molecular complexity index is 414. The molecule has 0 aliphatic heterocycles. The molecular formula is C16H25NO3. The predicted molar refractivity (Wildman–Crippen MR) is 80.0 cm³/mol. The zero-order chi connectivity index (χ0) is 15.1. The van der Waals surface area contributed by atoms with Crippen molar-refractivity contribution in [3.8, 4) is 5.75 Å². The molecule has 2 atom stereocenters. The number of carboxylic acid groups (broad SMARTS) is 1. The van der Waals surface area contributed by atoms with Crippen molar-refractivity contribution in [1.82, 2.24) is 5.32 Å². The van der Waals surface area contributed by atoms with E-state index in [0.717, 1.165) is 17.7 Å². The van der Waals surface area contributed by atoms with Gasteiger partial charge in [-0.25, -0.2) is 0 Å². The lowest BCUT2D eigenvalue weighted by Crippen LogP contribution is -2.40. The fourth-order valence-electron chi connectivity index (χ4n) is 2.24. The third-order valence-corrected chi connectivity index (χ3v) is 3.33. The SMILES string of the molecule is CCC(NC(CC(C)C)C(=O)O)c1ccc(OC)cc1. The molecule has 112 valence electrons. The van der Waals surface area contributed by atoms with Crippen LogP contribution in [-0.4, -0.2) is 24.2 Å². The van der Waals surface area contributed by atoms with Crippen LogP contribution in [0.25, 0.3) is 0 Å². The van der Waals surface area contributed by atoms with Crippen molar-refractivity contribution < 1.29 is 14.6 Å². The van der Waals surface area contributed by atoms with Gasteiger partial charge in [0.15, 0.2) is 0 Å². The molecule has 1 rings (SSSR count). The van der Waals surface area contributed by atoms with Crippen LogP contribution in [0.1, 0.15) is 45.2 Å². The summed E-state index contributed by atoms with van der Waals surface area (Å²) in [6, 6.07) is 7.29. The molecule has 0 aromatic heterocycles. The molecule has 4 nitrogen and oxygen atoms in total. The Morgan fingerprint density at radius 3 is 2.30 bits per heavy atom. The van der Waals surface area contributed by atoms with Crippen LogP contribution < -0.4 is 10.1 Å². The van der Waals surface area contributed by atoms with E-state index in [1.807, 2.05) is 38.1 Å². The summed E-state index contributed by atoms with van der Waals surface area (Å²) in [6.07, 6.45) is 1.47. The minimum Gasteiger partial charge on any atom is -0.497 e. The van der Waals surface area contributed by atoms with Gasteiger partial charge in [-0.05, 0) is 36.5 Å². The van der Waals surface area contributed by atoms with Crippen LogP contribution in [0, 0.1) is 5.92 Å². The average Bonchev–Trinajstić information content (AvgIpc) is 2.43. The van der Waals surface area contributed by atoms with Crippen LogP contribution in [0.5, 0.6) is 5.75 Å². The Labute approximate surface area is 121 Å². The van der Waals surface area contributed by atoms with E-state index in [4.69, 9.17) is 4.74 Å². The third kappa shape index (κ3) is 4.85. The number of ether oxygens (including phenoxy) is 1. The number of methoxy groups -OCH3 is 1. The molecular weight excluding hydrogens is 254 g/mol. The summed E-state index contributed by atoms with van der Waals surface area (Å²) in [4.78, 5) is 11.3. The van der Waals surface area contributed by atoms with Crippen LogP contribution in [0.4, 0.5) is 0 Å². The minimum atomic E-state index is -0.786. The molecule has 0 fully saturated rings. The third-order valence-electron chi connectivity index (χ3n) is 3.33. The van der Waals surface area contributed by atoms with Crippen molar-refractivity contribution in [2.45, 2.75) is 45.7 Å². The maximum absolute atomic E-state index is 11.3. The first kappa shape index (κ1) is 16.5. The van der Waals surface area contributed by atoms with Gasteiger partial charge in [0.1, 0.15) is 11.8 Å². The molecule has 0 spiro atoms. The van der Waals surface area contributed by atoms with E-state index in [2.05, 4.69) is 12.2 Å².